The van der Waals surface area contributed by atoms with E-state index in [4.69, 9.17) is 14.2 Å². The third-order valence-electron chi connectivity index (χ3n) is 10.4. The van der Waals surface area contributed by atoms with E-state index >= 15 is 0 Å². The number of rotatable bonds is 20. The van der Waals surface area contributed by atoms with Crippen molar-refractivity contribution in [1.29, 1.82) is 0 Å². The Hall–Kier alpha value is -4.00. The third kappa shape index (κ3) is 12.0. The summed E-state index contributed by atoms with van der Waals surface area (Å²) in [6, 6.07) is 24.4. The molecule has 3 aromatic rings. The molecule has 6 nitrogen and oxygen atoms in total. The number of hydrogen-bond acceptors (Lipinski definition) is 6. The van der Waals surface area contributed by atoms with E-state index in [0.717, 1.165) is 30.7 Å². The molecule has 51 heavy (non-hydrogen) atoms. The minimum Gasteiger partial charge on any atom is -0.461 e. The number of hydrogen-bond donors (Lipinski definition) is 1. The summed E-state index contributed by atoms with van der Waals surface area (Å²) >= 11 is 0. The zero-order valence-corrected chi connectivity index (χ0v) is 31.1. The number of aliphatic hydroxyl groups excluding tert-OH is 1. The van der Waals surface area contributed by atoms with Crippen LogP contribution in [-0.2, 0) is 43.1 Å². The lowest BCUT2D eigenvalue weighted by Gasteiger charge is -2.29. The zero-order valence-electron chi connectivity index (χ0n) is 31.1. The van der Waals surface area contributed by atoms with Crippen LogP contribution in [0.4, 0.5) is 0 Å². The maximum atomic E-state index is 12.3. The van der Waals surface area contributed by atoms with Gasteiger partial charge in [0.25, 0.3) is 0 Å². The summed E-state index contributed by atoms with van der Waals surface area (Å²) in [5.74, 6) is -0.0199. The highest BCUT2D eigenvalue weighted by Gasteiger charge is 2.23. The average molecular weight is 695 g/mol. The lowest BCUT2D eigenvalue weighted by Crippen LogP contribution is -2.21. The van der Waals surface area contributed by atoms with Crippen LogP contribution < -0.4 is 0 Å². The summed E-state index contributed by atoms with van der Waals surface area (Å²) in [5.41, 5.74) is 9.00. The van der Waals surface area contributed by atoms with Gasteiger partial charge in [0.15, 0.2) is 0 Å². The number of carbonyl (C=O) groups is 2. The number of esters is 2. The lowest BCUT2D eigenvalue weighted by atomic mass is 9.77. The van der Waals surface area contributed by atoms with Crippen molar-refractivity contribution in [3.05, 3.63) is 119 Å². The fourth-order valence-corrected chi connectivity index (χ4v) is 7.12. The Labute approximate surface area is 305 Å². The van der Waals surface area contributed by atoms with Gasteiger partial charge in [-0.05, 0) is 95.7 Å². The molecule has 0 heterocycles. The fourth-order valence-electron chi connectivity index (χ4n) is 7.12. The second-order valence-electron chi connectivity index (χ2n) is 14.1. The van der Waals surface area contributed by atoms with Crippen molar-refractivity contribution < 1.29 is 28.9 Å². The molecule has 1 saturated carbocycles. The number of carbonyl (C=O) groups excluding carboxylic acids is 2. The quantitative estimate of drug-likeness (QED) is 0.0721. The highest BCUT2D eigenvalue weighted by atomic mass is 16.5. The normalized spacial score (nSPS) is 16.3. The van der Waals surface area contributed by atoms with E-state index in [1.54, 1.807) is 0 Å². The predicted molar refractivity (Wildman–Crippen MR) is 206 cm³/mol. The molecule has 1 fully saturated rings. The first-order valence-electron chi connectivity index (χ1n) is 18.9. The highest BCUT2D eigenvalue weighted by molar-refractivity contribution is 5.88. The van der Waals surface area contributed by atoms with Gasteiger partial charge in [0.1, 0.15) is 13.2 Å². The Morgan fingerprint density at radius 2 is 1.43 bits per heavy atom. The number of aryl methyl sites for hydroxylation is 3. The van der Waals surface area contributed by atoms with Crippen LogP contribution in [0.2, 0.25) is 0 Å². The van der Waals surface area contributed by atoms with Crippen molar-refractivity contribution >= 4 is 11.9 Å². The molecule has 4 rings (SSSR count). The first-order chi connectivity index (χ1) is 24.8. The Morgan fingerprint density at radius 1 is 0.804 bits per heavy atom. The number of aliphatic hydroxyl groups is 1. The van der Waals surface area contributed by atoms with Gasteiger partial charge in [-0.1, -0.05) is 119 Å². The predicted octanol–water partition coefficient (Wildman–Crippen LogP) is 9.48. The molecule has 0 saturated heterocycles. The highest BCUT2D eigenvalue weighted by Crippen LogP contribution is 2.38. The van der Waals surface area contributed by atoms with Crippen LogP contribution >= 0.6 is 0 Å². The molecule has 3 aromatic carbocycles. The van der Waals surface area contributed by atoms with Crippen LogP contribution in [0, 0.1) is 5.92 Å². The van der Waals surface area contributed by atoms with E-state index in [9.17, 15) is 14.7 Å². The monoisotopic (exact) mass is 694 g/mol. The van der Waals surface area contributed by atoms with E-state index in [2.05, 4.69) is 81.6 Å². The van der Waals surface area contributed by atoms with E-state index in [-0.39, 0.29) is 31.0 Å². The van der Waals surface area contributed by atoms with E-state index in [1.807, 2.05) is 12.1 Å². The minimum atomic E-state index is -0.686. The van der Waals surface area contributed by atoms with Crippen molar-refractivity contribution in [2.75, 3.05) is 33.5 Å². The molecular formula is C45H58O6. The second-order valence-corrected chi connectivity index (χ2v) is 14.1. The number of methoxy groups -OCH3 is 1. The second kappa shape index (κ2) is 20.8. The summed E-state index contributed by atoms with van der Waals surface area (Å²) in [6.45, 7) is 11.3. The molecule has 0 amide bonds. The van der Waals surface area contributed by atoms with Crippen molar-refractivity contribution in [2.24, 2.45) is 5.92 Å². The molecule has 1 atom stereocenters. The van der Waals surface area contributed by atoms with Gasteiger partial charge in [0.05, 0.1) is 30.3 Å². The maximum Gasteiger partial charge on any atom is 0.335 e. The van der Waals surface area contributed by atoms with Gasteiger partial charge in [-0.2, -0.15) is 0 Å². The van der Waals surface area contributed by atoms with Crippen molar-refractivity contribution in [3.63, 3.8) is 0 Å². The van der Waals surface area contributed by atoms with Crippen LogP contribution in [0.3, 0.4) is 0 Å². The molecule has 0 aromatic heterocycles. The molecule has 274 valence electrons. The van der Waals surface area contributed by atoms with E-state index in [1.165, 1.54) is 91.9 Å². The third-order valence-corrected chi connectivity index (χ3v) is 10.4. The Bertz CT molecular complexity index is 1560. The standard InChI is InChI=1S/C45H58O6/c1-6-8-9-10-34-13-18-38(19-14-34)39-22-24-41(25-23-39)43-26-17-36(27-37(43)7-2)12-11-35-15-20-40(21-16-35)42(30-50-44(47)32(3)28-46)31-51-45(48)33(4)29-49-5/h15-17,20-27,34,38,42,46H,3-4,6-14,18-19,28-31H2,1-2,5H3. The van der Waals surface area contributed by atoms with Gasteiger partial charge < -0.3 is 19.3 Å². The first kappa shape index (κ1) is 39.8. The molecule has 1 aliphatic rings. The van der Waals surface area contributed by atoms with Gasteiger partial charge in [0, 0.05) is 7.11 Å². The molecule has 1 N–H and O–H groups in total. The van der Waals surface area contributed by atoms with Crippen LogP contribution in [-0.4, -0.2) is 50.6 Å². The number of benzene rings is 3. The van der Waals surface area contributed by atoms with Crippen LogP contribution in [0.15, 0.2) is 91.0 Å². The molecule has 0 aliphatic heterocycles. The summed E-state index contributed by atoms with van der Waals surface area (Å²) < 4.78 is 15.8. The summed E-state index contributed by atoms with van der Waals surface area (Å²) in [6.07, 6.45) is 13.7. The molecule has 6 heteroatoms. The Kier molecular flexibility index (Phi) is 16.2. The SMILES string of the molecule is C=C(CO)C(=O)OCC(COC(=O)C(=C)COC)c1ccc(CCc2ccc(-c3ccc(C4CCC(CCCCC)CC4)cc3)c(CC)c2)cc1. The van der Waals surface area contributed by atoms with Crippen LogP contribution in [0.5, 0.6) is 0 Å². The van der Waals surface area contributed by atoms with Gasteiger partial charge in [-0.25, -0.2) is 9.59 Å². The van der Waals surface area contributed by atoms with Crippen molar-refractivity contribution in [1.82, 2.24) is 0 Å². The maximum absolute atomic E-state index is 12.3. The van der Waals surface area contributed by atoms with Crippen molar-refractivity contribution in [3.8, 4) is 11.1 Å². The largest absolute Gasteiger partial charge is 0.461 e. The van der Waals surface area contributed by atoms with Gasteiger partial charge in [0.2, 0.25) is 0 Å². The number of ether oxygens (including phenoxy) is 3. The molecule has 1 unspecified atom stereocenters. The van der Waals surface area contributed by atoms with E-state index < -0.39 is 24.5 Å². The van der Waals surface area contributed by atoms with Crippen LogP contribution in [0.1, 0.15) is 105 Å². The van der Waals surface area contributed by atoms with E-state index in [0.29, 0.717) is 5.92 Å². The summed E-state index contributed by atoms with van der Waals surface area (Å²) in [5, 5.41) is 9.22. The number of unbranched alkanes of at least 4 members (excludes halogenated alkanes) is 2. The summed E-state index contributed by atoms with van der Waals surface area (Å²) in [7, 11) is 1.48. The zero-order chi connectivity index (χ0) is 36.6. The summed E-state index contributed by atoms with van der Waals surface area (Å²) in [4.78, 5) is 24.5. The molecule has 0 spiro atoms. The molecule has 0 radical (unpaired) electrons. The molecule has 0 bridgehead atoms. The van der Waals surface area contributed by atoms with Crippen molar-refractivity contribution in [2.45, 2.75) is 96.3 Å². The topological polar surface area (TPSA) is 82.1 Å². The van der Waals surface area contributed by atoms with Gasteiger partial charge in [-0.15, -0.1) is 0 Å². The van der Waals surface area contributed by atoms with Gasteiger partial charge >= 0.3 is 11.9 Å². The van der Waals surface area contributed by atoms with Crippen LogP contribution in [0.25, 0.3) is 11.1 Å². The first-order valence-corrected chi connectivity index (χ1v) is 18.9. The smallest absolute Gasteiger partial charge is 0.335 e. The fraction of sp³-hybridized carbons (Fsp3) is 0.467. The van der Waals surface area contributed by atoms with Gasteiger partial charge in [-0.3, -0.25) is 0 Å². The molecular weight excluding hydrogens is 636 g/mol. The average Bonchev–Trinajstić information content (AvgIpc) is 3.17. The lowest BCUT2D eigenvalue weighted by molar-refractivity contribution is -0.143. The minimum absolute atomic E-state index is 0.00510. The molecule has 1 aliphatic carbocycles. The Morgan fingerprint density at radius 3 is 2.04 bits per heavy atom. The Balaban J connectivity index is 1.35.